The maximum absolute atomic E-state index is 12.4. The monoisotopic (exact) mass is 396 g/mol. The SMILES string of the molecule is NC(=O)[C@@H]1c2sc(-c3cccnc3)cc2[C@H]2CN1C(=O)N2OS(=O)(=O)O. The molecule has 3 N–H and O–H groups in total. The molecule has 136 valence electrons. The van der Waals surface area contributed by atoms with Crippen molar-refractivity contribution in [2.75, 3.05) is 6.54 Å². The summed E-state index contributed by atoms with van der Waals surface area (Å²) in [6, 6.07) is 2.64. The summed E-state index contributed by atoms with van der Waals surface area (Å²) in [6.45, 7) is 0.0121. The third-order valence-corrected chi connectivity index (χ3v) is 5.79. The molecule has 3 amide bonds. The number of rotatable bonds is 4. The van der Waals surface area contributed by atoms with Crippen LogP contribution in [0.15, 0.2) is 30.6 Å². The number of hydrogen-bond donors (Lipinski definition) is 2. The minimum absolute atomic E-state index is 0.0121. The molecule has 4 heterocycles. The zero-order valence-corrected chi connectivity index (χ0v) is 14.6. The van der Waals surface area contributed by atoms with Crippen LogP contribution in [-0.4, -0.2) is 46.4 Å². The summed E-state index contributed by atoms with van der Waals surface area (Å²) in [4.78, 5) is 30.9. The molecule has 2 aromatic rings. The Kier molecular flexibility index (Phi) is 3.73. The average molecular weight is 396 g/mol. The van der Waals surface area contributed by atoms with E-state index in [1.54, 1.807) is 24.5 Å². The van der Waals surface area contributed by atoms with Crippen molar-refractivity contribution >= 4 is 33.7 Å². The molecule has 2 bridgehead atoms. The third-order valence-electron chi connectivity index (χ3n) is 4.19. The number of amides is 3. The molecule has 2 aliphatic rings. The summed E-state index contributed by atoms with van der Waals surface area (Å²) >= 11 is 1.27. The van der Waals surface area contributed by atoms with Crippen molar-refractivity contribution in [3.8, 4) is 10.4 Å². The Labute approximate surface area is 151 Å². The van der Waals surface area contributed by atoms with E-state index in [1.807, 2.05) is 6.07 Å². The number of pyridine rings is 1. The fourth-order valence-electron chi connectivity index (χ4n) is 3.19. The lowest BCUT2D eigenvalue weighted by Crippen LogP contribution is -2.41. The topological polar surface area (TPSA) is 143 Å². The van der Waals surface area contributed by atoms with Gasteiger partial charge < -0.3 is 10.6 Å². The van der Waals surface area contributed by atoms with Crippen molar-refractivity contribution in [1.29, 1.82) is 0 Å². The van der Waals surface area contributed by atoms with Gasteiger partial charge in [0.15, 0.2) is 0 Å². The van der Waals surface area contributed by atoms with E-state index >= 15 is 0 Å². The Morgan fingerprint density at radius 1 is 1.46 bits per heavy atom. The number of fused-ring (bicyclic) bond motifs is 4. The molecule has 0 radical (unpaired) electrons. The van der Waals surface area contributed by atoms with Gasteiger partial charge >= 0.3 is 16.4 Å². The second-order valence-electron chi connectivity index (χ2n) is 5.76. The predicted molar refractivity (Wildman–Crippen MR) is 88.8 cm³/mol. The first kappa shape index (κ1) is 16.9. The number of carbonyl (C=O) groups is 2. The smallest absolute Gasteiger partial charge is 0.368 e. The van der Waals surface area contributed by atoms with Crippen molar-refractivity contribution in [2.24, 2.45) is 5.73 Å². The van der Waals surface area contributed by atoms with Crippen LogP contribution in [0.25, 0.3) is 10.4 Å². The van der Waals surface area contributed by atoms with E-state index < -0.39 is 34.4 Å². The summed E-state index contributed by atoms with van der Waals surface area (Å²) in [5.41, 5.74) is 6.83. The number of aromatic nitrogens is 1. The van der Waals surface area contributed by atoms with E-state index in [9.17, 15) is 18.0 Å². The number of hydrogen-bond acceptors (Lipinski definition) is 7. The average Bonchev–Trinajstić information content (AvgIpc) is 3.12. The van der Waals surface area contributed by atoms with Gasteiger partial charge in [0, 0.05) is 27.7 Å². The van der Waals surface area contributed by atoms with E-state index in [2.05, 4.69) is 9.27 Å². The van der Waals surface area contributed by atoms with E-state index in [-0.39, 0.29) is 6.54 Å². The molecule has 12 heteroatoms. The molecule has 1 saturated heterocycles. The van der Waals surface area contributed by atoms with Gasteiger partial charge in [-0.1, -0.05) is 6.07 Å². The van der Waals surface area contributed by atoms with Gasteiger partial charge in [-0.05, 0) is 17.7 Å². The Morgan fingerprint density at radius 2 is 2.23 bits per heavy atom. The second-order valence-corrected chi connectivity index (χ2v) is 7.84. The van der Waals surface area contributed by atoms with Crippen molar-refractivity contribution in [3.05, 3.63) is 41.0 Å². The second kappa shape index (κ2) is 5.74. The highest BCUT2D eigenvalue weighted by atomic mass is 32.3. The minimum atomic E-state index is -4.91. The molecule has 0 aliphatic carbocycles. The molecular formula is C14H12N4O6S2. The number of hydroxylamine groups is 2. The van der Waals surface area contributed by atoms with Gasteiger partial charge in [-0.15, -0.1) is 15.6 Å². The molecule has 0 unspecified atom stereocenters. The largest absolute Gasteiger partial charge is 0.418 e. The third kappa shape index (κ3) is 2.63. The lowest BCUT2D eigenvalue weighted by Gasteiger charge is -2.27. The van der Waals surface area contributed by atoms with Crippen LogP contribution in [0.1, 0.15) is 22.5 Å². The molecular weight excluding hydrogens is 384 g/mol. The Hall–Kier alpha value is -2.54. The molecule has 0 saturated carbocycles. The van der Waals surface area contributed by atoms with Crippen molar-refractivity contribution in [1.82, 2.24) is 14.9 Å². The van der Waals surface area contributed by atoms with Crippen molar-refractivity contribution in [3.63, 3.8) is 0 Å². The highest BCUT2D eigenvalue weighted by molar-refractivity contribution is 7.80. The molecule has 2 aromatic heterocycles. The number of carbonyl (C=O) groups excluding carboxylic acids is 2. The van der Waals surface area contributed by atoms with Crippen LogP contribution in [0.3, 0.4) is 0 Å². The van der Waals surface area contributed by atoms with E-state index in [1.165, 1.54) is 11.3 Å². The summed E-state index contributed by atoms with van der Waals surface area (Å²) < 4.78 is 35.6. The number of nitrogens with zero attached hydrogens (tertiary/aromatic N) is 3. The molecule has 2 aliphatic heterocycles. The van der Waals surface area contributed by atoms with E-state index in [0.29, 0.717) is 15.5 Å². The highest BCUT2D eigenvalue weighted by Crippen LogP contribution is 2.49. The summed E-state index contributed by atoms with van der Waals surface area (Å²) in [7, 11) is -4.91. The van der Waals surface area contributed by atoms with Crippen LogP contribution >= 0.6 is 11.3 Å². The predicted octanol–water partition coefficient (Wildman–Crippen LogP) is 0.863. The van der Waals surface area contributed by atoms with E-state index in [4.69, 9.17) is 10.3 Å². The Morgan fingerprint density at radius 3 is 2.85 bits per heavy atom. The highest BCUT2D eigenvalue weighted by Gasteiger charge is 2.52. The zero-order valence-electron chi connectivity index (χ0n) is 13.0. The van der Waals surface area contributed by atoms with Gasteiger partial charge in [0.05, 0.1) is 6.54 Å². The molecule has 1 fully saturated rings. The Bertz CT molecular complexity index is 1010. The molecule has 4 rings (SSSR count). The summed E-state index contributed by atoms with van der Waals surface area (Å²) in [5.74, 6) is -0.744. The van der Waals surface area contributed by atoms with Gasteiger partial charge in [0.25, 0.3) is 0 Å². The molecule has 0 aromatic carbocycles. The summed E-state index contributed by atoms with van der Waals surface area (Å²) in [6.07, 6.45) is 3.27. The van der Waals surface area contributed by atoms with Crippen molar-refractivity contribution < 1.29 is 26.8 Å². The standard InChI is InChI=1S/C14H12N4O6S2/c15-13(19)11-12-8(4-10(25-12)7-2-1-3-16-5-7)9-6-17(11)14(20)18(9)24-26(21,22)23/h1-5,9,11H,6H2,(H2,15,19)(H,21,22,23)/t9-,11+/m1/s1. The van der Waals surface area contributed by atoms with E-state index in [0.717, 1.165) is 15.3 Å². The maximum atomic E-state index is 12.4. The lowest BCUT2D eigenvalue weighted by atomic mass is 9.98. The van der Waals surface area contributed by atoms with Gasteiger partial charge in [-0.25, -0.2) is 4.79 Å². The molecule has 26 heavy (non-hydrogen) atoms. The van der Waals surface area contributed by atoms with Gasteiger partial charge in [-0.3, -0.25) is 14.3 Å². The van der Waals surface area contributed by atoms with Crippen molar-refractivity contribution in [2.45, 2.75) is 12.1 Å². The maximum Gasteiger partial charge on any atom is 0.418 e. The summed E-state index contributed by atoms with van der Waals surface area (Å²) in [5, 5.41) is 0.552. The van der Waals surface area contributed by atoms with Crippen LogP contribution in [0.5, 0.6) is 0 Å². The Balaban J connectivity index is 1.84. The van der Waals surface area contributed by atoms with Gasteiger partial charge in [0.1, 0.15) is 12.1 Å². The number of urea groups is 1. The van der Waals surface area contributed by atoms with Crippen LogP contribution in [-0.2, 0) is 19.5 Å². The van der Waals surface area contributed by atoms with Gasteiger partial charge in [-0.2, -0.15) is 13.5 Å². The number of thiophene rings is 1. The minimum Gasteiger partial charge on any atom is -0.368 e. The molecule has 0 spiro atoms. The normalized spacial score (nSPS) is 21.8. The van der Waals surface area contributed by atoms with Crippen LogP contribution < -0.4 is 5.73 Å². The number of nitrogens with two attached hydrogens (primary N) is 1. The fourth-order valence-corrected chi connectivity index (χ4v) is 4.89. The molecule has 2 atom stereocenters. The first-order chi connectivity index (χ1) is 12.3. The first-order valence-electron chi connectivity index (χ1n) is 7.36. The van der Waals surface area contributed by atoms with Crippen LogP contribution in [0, 0.1) is 0 Å². The van der Waals surface area contributed by atoms with Gasteiger partial charge in [0.2, 0.25) is 5.91 Å². The van der Waals surface area contributed by atoms with Crippen LogP contribution in [0.2, 0.25) is 0 Å². The lowest BCUT2D eigenvalue weighted by molar-refractivity contribution is -0.122. The molecule has 10 nitrogen and oxygen atoms in total. The number of primary amides is 1. The quantitative estimate of drug-likeness (QED) is 0.730. The zero-order chi connectivity index (χ0) is 18.6. The van der Waals surface area contributed by atoms with Crippen LogP contribution in [0.4, 0.5) is 4.79 Å². The fraction of sp³-hybridized carbons (Fsp3) is 0.214. The first-order valence-corrected chi connectivity index (χ1v) is 9.54.